The fraction of sp³-hybridized carbons (Fsp3) is 0.150. The summed E-state index contributed by atoms with van der Waals surface area (Å²) in [5.41, 5.74) is 0.147. The van der Waals surface area contributed by atoms with Crippen LogP contribution in [0.2, 0.25) is 5.02 Å². The highest BCUT2D eigenvalue weighted by Gasteiger charge is 2.31. The largest absolute Gasteiger partial charge is 0.497 e. The van der Waals surface area contributed by atoms with Gasteiger partial charge in [-0.2, -0.15) is 13.2 Å². The van der Waals surface area contributed by atoms with Gasteiger partial charge in [0.05, 0.1) is 34.6 Å². The van der Waals surface area contributed by atoms with Crippen LogP contribution in [0.1, 0.15) is 21.6 Å². The van der Waals surface area contributed by atoms with Gasteiger partial charge in [0.1, 0.15) is 5.75 Å². The summed E-state index contributed by atoms with van der Waals surface area (Å²) in [7, 11) is 1.56. The predicted octanol–water partition coefficient (Wildman–Crippen LogP) is 5.39. The summed E-state index contributed by atoms with van der Waals surface area (Å²) in [5, 5.41) is 2.37. The van der Waals surface area contributed by atoms with Crippen LogP contribution in [-0.2, 0) is 6.18 Å². The number of nitrogens with one attached hydrogen (secondary N) is 1. The Kier molecular flexibility index (Phi) is 5.74. The number of benzene rings is 2. The molecule has 0 saturated carbocycles. The summed E-state index contributed by atoms with van der Waals surface area (Å²) >= 11 is 5.92. The van der Waals surface area contributed by atoms with Crippen LogP contribution in [0.25, 0.3) is 11.4 Å². The number of carbonyl (C=O) groups excluding carboxylic acids is 1. The Labute approximate surface area is 169 Å². The molecule has 9 heteroatoms. The van der Waals surface area contributed by atoms with Crippen LogP contribution in [0.15, 0.2) is 48.7 Å². The van der Waals surface area contributed by atoms with E-state index in [1.54, 1.807) is 38.3 Å². The molecular formula is C20H15ClF3N3O2. The molecule has 3 rings (SSSR count). The summed E-state index contributed by atoms with van der Waals surface area (Å²) in [6, 6.07) is 9.76. The lowest BCUT2D eigenvalue weighted by Gasteiger charge is -2.12. The average molecular weight is 422 g/mol. The number of halogens is 4. The normalized spacial score (nSPS) is 11.2. The first-order valence-electron chi connectivity index (χ1n) is 8.35. The molecular weight excluding hydrogens is 407 g/mol. The quantitative estimate of drug-likeness (QED) is 0.613. The molecule has 0 radical (unpaired) electrons. The van der Waals surface area contributed by atoms with Gasteiger partial charge >= 0.3 is 6.18 Å². The monoisotopic (exact) mass is 421 g/mol. The number of hydrogen-bond donors (Lipinski definition) is 1. The number of aromatic nitrogens is 2. The van der Waals surface area contributed by atoms with Gasteiger partial charge in [-0.25, -0.2) is 9.97 Å². The summed E-state index contributed by atoms with van der Waals surface area (Å²) < 4.78 is 43.8. The van der Waals surface area contributed by atoms with Gasteiger partial charge in [0.15, 0.2) is 5.82 Å². The molecule has 0 spiro atoms. The van der Waals surface area contributed by atoms with E-state index in [9.17, 15) is 18.0 Å². The number of methoxy groups -OCH3 is 1. The average Bonchev–Trinajstić information content (AvgIpc) is 2.68. The third kappa shape index (κ3) is 4.65. The zero-order valence-electron chi connectivity index (χ0n) is 15.3. The zero-order chi connectivity index (χ0) is 21.2. The SMILES string of the molecule is COc1ccc(-c2ncc(C(=O)Nc3cc(C(F)(F)F)ccc3Cl)c(C)n2)cc1. The Morgan fingerprint density at radius 1 is 1.14 bits per heavy atom. The van der Waals surface area contributed by atoms with Crippen molar-refractivity contribution in [1.82, 2.24) is 9.97 Å². The minimum absolute atomic E-state index is 0.0141. The number of anilines is 1. The number of carbonyl (C=O) groups is 1. The molecule has 1 heterocycles. The second kappa shape index (κ2) is 8.08. The third-order valence-corrected chi connectivity index (χ3v) is 4.44. The molecule has 0 unspecified atom stereocenters. The molecule has 0 fully saturated rings. The standard InChI is InChI=1S/C20H15ClF3N3O2/c1-11-15(10-25-18(26-11)12-3-6-14(29-2)7-4-12)19(28)27-17-9-13(20(22,23)24)5-8-16(17)21/h3-10H,1-2H3,(H,27,28). The summed E-state index contributed by atoms with van der Waals surface area (Å²) in [5.74, 6) is 0.420. The van der Waals surface area contributed by atoms with Crippen LogP contribution in [-0.4, -0.2) is 23.0 Å². The topological polar surface area (TPSA) is 64.1 Å². The van der Waals surface area contributed by atoms with E-state index in [2.05, 4.69) is 15.3 Å². The van der Waals surface area contributed by atoms with E-state index < -0.39 is 17.6 Å². The fourth-order valence-electron chi connectivity index (χ4n) is 2.56. The minimum Gasteiger partial charge on any atom is -0.497 e. The van der Waals surface area contributed by atoms with E-state index in [1.165, 1.54) is 6.20 Å². The van der Waals surface area contributed by atoms with Crippen molar-refractivity contribution in [3.63, 3.8) is 0 Å². The van der Waals surface area contributed by atoms with Gasteiger partial charge in [0, 0.05) is 11.8 Å². The molecule has 150 valence electrons. The number of rotatable bonds is 4. The predicted molar refractivity (Wildman–Crippen MR) is 103 cm³/mol. The molecule has 0 saturated heterocycles. The molecule has 1 amide bonds. The van der Waals surface area contributed by atoms with E-state index in [1.807, 2.05) is 0 Å². The van der Waals surface area contributed by atoms with E-state index >= 15 is 0 Å². The van der Waals surface area contributed by atoms with Crippen LogP contribution in [0.3, 0.4) is 0 Å². The Morgan fingerprint density at radius 3 is 2.41 bits per heavy atom. The maximum absolute atomic E-state index is 12.9. The van der Waals surface area contributed by atoms with Crippen molar-refractivity contribution in [1.29, 1.82) is 0 Å². The van der Waals surface area contributed by atoms with Crippen molar-refractivity contribution in [3.05, 3.63) is 70.5 Å². The lowest BCUT2D eigenvalue weighted by Crippen LogP contribution is -2.16. The first-order chi connectivity index (χ1) is 13.7. The van der Waals surface area contributed by atoms with E-state index in [0.717, 1.165) is 23.8 Å². The Hall–Kier alpha value is -3.13. The van der Waals surface area contributed by atoms with Crippen molar-refractivity contribution in [3.8, 4) is 17.1 Å². The highest BCUT2D eigenvalue weighted by Crippen LogP contribution is 2.34. The van der Waals surface area contributed by atoms with Crippen LogP contribution >= 0.6 is 11.6 Å². The maximum Gasteiger partial charge on any atom is 0.416 e. The highest BCUT2D eigenvalue weighted by molar-refractivity contribution is 6.34. The van der Waals surface area contributed by atoms with Gasteiger partial charge in [-0.3, -0.25) is 4.79 Å². The first kappa shape index (κ1) is 20.6. The Bertz CT molecular complexity index is 1050. The van der Waals surface area contributed by atoms with Crippen molar-refractivity contribution in [2.24, 2.45) is 0 Å². The van der Waals surface area contributed by atoms with E-state index in [-0.39, 0.29) is 16.3 Å². The van der Waals surface area contributed by atoms with Crippen molar-refractivity contribution < 1.29 is 22.7 Å². The number of amides is 1. The number of alkyl halides is 3. The summed E-state index contributed by atoms with van der Waals surface area (Å²) in [4.78, 5) is 21.0. The molecule has 0 aliphatic rings. The van der Waals surface area contributed by atoms with E-state index in [0.29, 0.717) is 17.3 Å². The molecule has 29 heavy (non-hydrogen) atoms. The third-order valence-electron chi connectivity index (χ3n) is 4.11. The Morgan fingerprint density at radius 2 is 1.83 bits per heavy atom. The lowest BCUT2D eigenvalue weighted by atomic mass is 10.1. The van der Waals surface area contributed by atoms with Crippen molar-refractivity contribution in [2.45, 2.75) is 13.1 Å². The van der Waals surface area contributed by atoms with Crippen LogP contribution in [0.5, 0.6) is 5.75 Å². The maximum atomic E-state index is 12.9. The van der Waals surface area contributed by atoms with Crippen LogP contribution < -0.4 is 10.1 Å². The number of hydrogen-bond acceptors (Lipinski definition) is 4. The molecule has 0 atom stereocenters. The highest BCUT2D eigenvalue weighted by atomic mass is 35.5. The lowest BCUT2D eigenvalue weighted by molar-refractivity contribution is -0.137. The van der Waals surface area contributed by atoms with Gasteiger partial charge in [-0.15, -0.1) is 0 Å². The van der Waals surface area contributed by atoms with Gasteiger partial charge < -0.3 is 10.1 Å². The number of nitrogens with zero attached hydrogens (tertiary/aromatic N) is 2. The Balaban J connectivity index is 1.85. The molecule has 0 aliphatic carbocycles. The van der Waals surface area contributed by atoms with Crippen molar-refractivity contribution in [2.75, 3.05) is 12.4 Å². The van der Waals surface area contributed by atoms with Crippen molar-refractivity contribution >= 4 is 23.2 Å². The fourth-order valence-corrected chi connectivity index (χ4v) is 2.72. The smallest absolute Gasteiger partial charge is 0.416 e. The zero-order valence-corrected chi connectivity index (χ0v) is 16.1. The molecule has 0 bridgehead atoms. The summed E-state index contributed by atoms with van der Waals surface area (Å²) in [6.45, 7) is 1.61. The second-order valence-corrected chi connectivity index (χ2v) is 6.47. The summed E-state index contributed by atoms with van der Waals surface area (Å²) in [6.07, 6.45) is -3.23. The number of ether oxygens (including phenoxy) is 1. The molecule has 5 nitrogen and oxygen atoms in total. The second-order valence-electron chi connectivity index (χ2n) is 6.07. The van der Waals surface area contributed by atoms with Gasteiger partial charge in [-0.05, 0) is 49.4 Å². The number of aryl methyl sites for hydroxylation is 1. The first-order valence-corrected chi connectivity index (χ1v) is 8.73. The van der Waals surface area contributed by atoms with Gasteiger partial charge in [0.25, 0.3) is 5.91 Å². The molecule has 1 N–H and O–H groups in total. The molecule has 0 aliphatic heterocycles. The molecule has 2 aromatic carbocycles. The molecule has 3 aromatic rings. The van der Waals surface area contributed by atoms with Crippen LogP contribution in [0.4, 0.5) is 18.9 Å². The molecule has 1 aromatic heterocycles. The minimum atomic E-state index is -4.55. The van der Waals surface area contributed by atoms with Gasteiger partial charge in [0.2, 0.25) is 0 Å². The van der Waals surface area contributed by atoms with Crippen LogP contribution in [0, 0.1) is 6.92 Å². The van der Waals surface area contributed by atoms with E-state index in [4.69, 9.17) is 16.3 Å². The van der Waals surface area contributed by atoms with Gasteiger partial charge in [-0.1, -0.05) is 11.6 Å².